The van der Waals surface area contributed by atoms with Crippen LogP contribution in [0.4, 0.5) is 9.18 Å². The number of carboxylic acid groups (broad SMARTS) is 1. The van der Waals surface area contributed by atoms with Gasteiger partial charge in [-0.15, -0.1) is 0 Å². The van der Waals surface area contributed by atoms with Gasteiger partial charge in [0.25, 0.3) is 0 Å². The van der Waals surface area contributed by atoms with Crippen LogP contribution in [0.25, 0.3) is 11.1 Å². The Hall–Kier alpha value is -2.89. The zero-order valence-electron chi connectivity index (χ0n) is 16.0. The first-order valence-electron chi connectivity index (χ1n) is 9.50. The second-order valence-corrected chi connectivity index (χ2v) is 6.62. The molecule has 6 heteroatoms. The summed E-state index contributed by atoms with van der Waals surface area (Å²) in [7, 11) is 0. The number of halogens is 1. The van der Waals surface area contributed by atoms with Crippen LogP contribution < -0.4 is 5.32 Å². The number of carbonyl (C=O) groups excluding carboxylic acids is 1. The molecule has 1 atom stereocenters. The van der Waals surface area contributed by atoms with Crippen LogP contribution in [-0.4, -0.2) is 29.8 Å². The van der Waals surface area contributed by atoms with Crippen LogP contribution in [0.2, 0.25) is 0 Å². The highest BCUT2D eigenvalue weighted by Gasteiger charge is 2.20. The van der Waals surface area contributed by atoms with E-state index in [1.54, 1.807) is 6.07 Å². The van der Waals surface area contributed by atoms with E-state index in [1.807, 2.05) is 37.3 Å². The highest BCUT2D eigenvalue weighted by Crippen LogP contribution is 2.21. The summed E-state index contributed by atoms with van der Waals surface area (Å²) in [5.74, 6) is -1.35. The summed E-state index contributed by atoms with van der Waals surface area (Å²) >= 11 is 0. The zero-order chi connectivity index (χ0) is 20.4. The highest BCUT2D eigenvalue weighted by molar-refractivity contribution is 5.79. The van der Waals surface area contributed by atoms with Crippen LogP contribution in [0.5, 0.6) is 0 Å². The minimum Gasteiger partial charge on any atom is -0.480 e. The summed E-state index contributed by atoms with van der Waals surface area (Å²) in [6, 6.07) is 13.2. The van der Waals surface area contributed by atoms with Crippen LogP contribution >= 0.6 is 0 Å². The maximum absolute atomic E-state index is 13.3. The van der Waals surface area contributed by atoms with E-state index < -0.39 is 18.1 Å². The molecule has 2 aromatic rings. The van der Waals surface area contributed by atoms with E-state index in [-0.39, 0.29) is 12.4 Å². The summed E-state index contributed by atoms with van der Waals surface area (Å²) in [5.41, 5.74) is 2.78. The Balaban J connectivity index is 1.83. The van der Waals surface area contributed by atoms with Crippen LogP contribution in [0.1, 0.15) is 38.2 Å². The number of rotatable bonds is 10. The Morgan fingerprint density at radius 3 is 2.50 bits per heavy atom. The Morgan fingerprint density at radius 2 is 1.86 bits per heavy atom. The molecule has 150 valence electrons. The fourth-order valence-electron chi connectivity index (χ4n) is 2.79. The smallest absolute Gasteiger partial charge is 0.407 e. The molecule has 1 amide bonds. The molecule has 0 aromatic heterocycles. The van der Waals surface area contributed by atoms with Crippen LogP contribution in [0.15, 0.2) is 48.5 Å². The van der Waals surface area contributed by atoms with Gasteiger partial charge in [-0.25, -0.2) is 14.0 Å². The lowest BCUT2D eigenvalue weighted by Crippen LogP contribution is -2.41. The monoisotopic (exact) mass is 387 g/mol. The average Bonchev–Trinajstić information content (AvgIpc) is 2.68. The number of alkyl carbamates (subject to hydrolysis) is 1. The first kappa shape index (κ1) is 21.4. The summed E-state index contributed by atoms with van der Waals surface area (Å²) in [5, 5.41) is 11.7. The van der Waals surface area contributed by atoms with E-state index in [0.717, 1.165) is 29.5 Å². The largest absolute Gasteiger partial charge is 0.480 e. The fraction of sp³-hybridized carbons (Fsp3) is 0.364. The Morgan fingerprint density at radius 1 is 1.11 bits per heavy atom. The number of carboxylic acids is 1. The fourth-order valence-corrected chi connectivity index (χ4v) is 2.79. The number of benzene rings is 2. The lowest BCUT2D eigenvalue weighted by Gasteiger charge is -2.14. The van der Waals surface area contributed by atoms with Gasteiger partial charge in [-0.3, -0.25) is 0 Å². The zero-order valence-corrected chi connectivity index (χ0v) is 16.0. The molecule has 0 bridgehead atoms. The molecule has 0 aliphatic heterocycles. The third kappa shape index (κ3) is 7.02. The van der Waals surface area contributed by atoms with E-state index in [0.29, 0.717) is 19.3 Å². The topological polar surface area (TPSA) is 75.6 Å². The van der Waals surface area contributed by atoms with Crippen molar-refractivity contribution in [3.8, 4) is 11.1 Å². The lowest BCUT2D eigenvalue weighted by molar-refractivity contribution is -0.139. The molecular formula is C22H26FNO4. The van der Waals surface area contributed by atoms with Gasteiger partial charge in [0.15, 0.2) is 0 Å². The molecule has 0 saturated heterocycles. The maximum atomic E-state index is 13.3. The molecule has 2 rings (SSSR count). The average molecular weight is 387 g/mol. The molecule has 0 spiro atoms. The molecule has 2 N–H and O–H groups in total. The van der Waals surface area contributed by atoms with Crippen molar-refractivity contribution in [1.29, 1.82) is 0 Å². The molecule has 0 aliphatic rings. The van der Waals surface area contributed by atoms with E-state index in [1.165, 1.54) is 12.1 Å². The van der Waals surface area contributed by atoms with Gasteiger partial charge >= 0.3 is 12.1 Å². The van der Waals surface area contributed by atoms with Crippen molar-refractivity contribution in [2.24, 2.45) is 0 Å². The van der Waals surface area contributed by atoms with E-state index in [9.17, 15) is 19.1 Å². The minimum absolute atomic E-state index is 0.276. The Kier molecular flexibility index (Phi) is 8.46. The normalized spacial score (nSPS) is 11.6. The Bertz CT molecular complexity index is 776. The van der Waals surface area contributed by atoms with Gasteiger partial charge in [0, 0.05) is 0 Å². The van der Waals surface area contributed by atoms with Gasteiger partial charge in [-0.1, -0.05) is 49.7 Å². The first-order valence-corrected chi connectivity index (χ1v) is 9.50. The number of carbonyl (C=O) groups is 2. The first-order chi connectivity index (χ1) is 13.5. The number of ether oxygens (including phenoxy) is 1. The van der Waals surface area contributed by atoms with Gasteiger partial charge in [0.1, 0.15) is 11.9 Å². The molecule has 0 saturated carbocycles. The summed E-state index contributed by atoms with van der Waals surface area (Å²) < 4.78 is 18.3. The number of aryl methyl sites for hydroxylation is 1. The quantitative estimate of drug-likeness (QED) is 0.575. The number of hydrogen-bond acceptors (Lipinski definition) is 3. The SMILES string of the molecule is CCCCOC(=O)NC(CCCc1ccc(-c2cccc(F)c2)cc1)C(=O)O. The molecule has 5 nitrogen and oxygen atoms in total. The van der Waals surface area contributed by atoms with Crippen molar-refractivity contribution in [3.63, 3.8) is 0 Å². The van der Waals surface area contributed by atoms with Crippen molar-refractivity contribution in [2.45, 2.75) is 45.1 Å². The van der Waals surface area contributed by atoms with Crippen LogP contribution in [0.3, 0.4) is 0 Å². The number of hydrogen-bond donors (Lipinski definition) is 2. The van der Waals surface area contributed by atoms with E-state index in [4.69, 9.17) is 4.74 Å². The molecule has 0 fully saturated rings. The molecule has 2 aromatic carbocycles. The Labute approximate surface area is 164 Å². The molecule has 0 aliphatic carbocycles. The molecular weight excluding hydrogens is 361 g/mol. The van der Waals surface area contributed by atoms with E-state index >= 15 is 0 Å². The number of aliphatic carboxylic acids is 1. The van der Waals surface area contributed by atoms with Gasteiger partial charge < -0.3 is 15.2 Å². The van der Waals surface area contributed by atoms with E-state index in [2.05, 4.69) is 5.32 Å². The van der Waals surface area contributed by atoms with Crippen molar-refractivity contribution in [1.82, 2.24) is 5.32 Å². The van der Waals surface area contributed by atoms with Gasteiger partial charge in [0.2, 0.25) is 0 Å². The van der Waals surface area contributed by atoms with Crippen LogP contribution in [0, 0.1) is 5.82 Å². The maximum Gasteiger partial charge on any atom is 0.407 e. The molecule has 0 heterocycles. The second kappa shape index (κ2) is 11.1. The standard InChI is InChI=1S/C22H26FNO4/c1-2-3-14-28-22(27)24-20(21(25)26)9-4-6-16-10-12-17(13-11-16)18-7-5-8-19(23)15-18/h5,7-8,10-13,15,20H,2-4,6,9,14H2,1H3,(H,24,27)(H,25,26). The summed E-state index contributed by atoms with van der Waals surface area (Å²) in [6.07, 6.45) is 2.54. The number of unbranched alkanes of at least 4 members (excludes halogenated alkanes) is 1. The third-order valence-corrected chi connectivity index (χ3v) is 4.39. The number of amides is 1. The van der Waals surface area contributed by atoms with Gasteiger partial charge in [-0.2, -0.15) is 0 Å². The van der Waals surface area contributed by atoms with Crippen molar-refractivity contribution in [2.75, 3.05) is 6.61 Å². The third-order valence-electron chi connectivity index (χ3n) is 4.39. The minimum atomic E-state index is -1.08. The molecule has 0 radical (unpaired) electrons. The highest BCUT2D eigenvalue weighted by atomic mass is 19.1. The van der Waals surface area contributed by atoms with Crippen LogP contribution in [-0.2, 0) is 16.0 Å². The summed E-state index contributed by atoms with van der Waals surface area (Å²) in [6.45, 7) is 2.26. The second-order valence-electron chi connectivity index (χ2n) is 6.62. The molecule has 1 unspecified atom stereocenters. The van der Waals surface area contributed by atoms with Crippen molar-refractivity contribution >= 4 is 12.1 Å². The number of nitrogens with one attached hydrogen (secondary N) is 1. The molecule has 28 heavy (non-hydrogen) atoms. The van der Waals surface area contributed by atoms with Crippen molar-refractivity contribution in [3.05, 3.63) is 59.9 Å². The predicted molar refractivity (Wildman–Crippen MR) is 106 cm³/mol. The summed E-state index contributed by atoms with van der Waals surface area (Å²) in [4.78, 5) is 23.0. The van der Waals surface area contributed by atoms with Gasteiger partial charge in [0.05, 0.1) is 6.61 Å². The lowest BCUT2D eigenvalue weighted by atomic mass is 10.0. The predicted octanol–water partition coefficient (Wildman–Crippen LogP) is 4.79. The van der Waals surface area contributed by atoms with Crippen molar-refractivity contribution < 1.29 is 23.8 Å². The van der Waals surface area contributed by atoms with Gasteiger partial charge in [-0.05, 0) is 54.5 Å².